The number of hydrogen-bond acceptors (Lipinski definition) is 2. The third-order valence-corrected chi connectivity index (χ3v) is 2.93. The number of benzene rings is 2. The molecule has 0 bridgehead atoms. The molecule has 19 heavy (non-hydrogen) atoms. The number of primary amides is 1. The van der Waals surface area contributed by atoms with Gasteiger partial charge in [0.1, 0.15) is 0 Å². The average Bonchev–Trinajstić information content (AvgIpc) is 2.38. The van der Waals surface area contributed by atoms with Crippen molar-refractivity contribution < 1.29 is 9.59 Å². The van der Waals surface area contributed by atoms with Crippen LogP contribution in [0.4, 0.5) is 0 Å². The van der Waals surface area contributed by atoms with Gasteiger partial charge in [0.05, 0.1) is 6.42 Å². The van der Waals surface area contributed by atoms with Gasteiger partial charge in [0.15, 0.2) is 5.78 Å². The Bertz CT molecular complexity index is 620. The molecule has 1 amide bonds. The summed E-state index contributed by atoms with van der Waals surface area (Å²) >= 11 is 5.78. The summed E-state index contributed by atoms with van der Waals surface area (Å²) in [6.45, 7) is 0. The fraction of sp³-hybridized carbons (Fsp3) is 0.0667. The first kappa shape index (κ1) is 13.3. The highest BCUT2D eigenvalue weighted by Gasteiger charge is 2.10. The molecule has 0 aliphatic carbocycles. The van der Waals surface area contributed by atoms with E-state index in [4.69, 9.17) is 17.3 Å². The van der Waals surface area contributed by atoms with Gasteiger partial charge in [-0.05, 0) is 35.9 Å². The van der Waals surface area contributed by atoms with Crippen LogP contribution in [0.15, 0.2) is 48.5 Å². The summed E-state index contributed by atoms with van der Waals surface area (Å²) in [7, 11) is 0. The molecule has 2 rings (SSSR count). The first-order valence-corrected chi connectivity index (χ1v) is 6.11. The smallest absolute Gasteiger partial charge is 0.221 e. The standard InChI is InChI=1S/C15H12ClNO2/c16-13-6-4-11(5-7-13)15(19)12-3-1-2-10(8-12)9-14(17)18/h1-8H,9H2,(H2,17,18). The Morgan fingerprint density at radius 1 is 1.00 bits per heavy atom. The molecule has 0 aliphatic rings. The first-order chi connectivity index (χ1) is 9.06. The average molecular weight is 274 g/mol. The maximum atomic E-state index is 12.2. The highest BCUT2D eigenvalue weighted by Crippen LogP contribution is 2.15. The molecule has 0 aromatic heterocycles. The van der Waals surface area contributed by atoms with Crippen LogP contribution in [0.3, 0.4) is 0 Å². The zero-order valence-corrected chi connectivity index (χ0v) is 10.9. The third kappa shape index (κ3) is 3.42. The van der Waals surface area contributed by atoms with Crippen molar-refractivity contribution in [3.8, 4) is 0 Å². The van der Waals surface area contributed by atoms with E-state index in [-0.39, 0.29) is 12.2 Å². The van der Waals surface area contributed by atoms with Crippen molar-refractivity contribution in [2.24, 2.45) is 5.73 Å². The van der Waals surface area contributed by atoms with Crippen LogP contribution < -0.4 is 5.73 Å². The predicted octanol–water partition coefficient (Wildman–Crippen LogP) is 2.60. The highest BCUT2D eigenvalue weighted by atomic mass is 35.5. The fourth-order valence-electron chi connectivity index (χ4n) is 1.79. The second-order valence-corrected chi connectivity index (χ2v) is 4.62. The van der Waals surface area contributed by atoms with Crippen LogP contribution >= 0.6 is 11.6 Å². The summed E-state index contributed by atoms with van der Waals surface area (Å²) in [4.78, 5) is 23.1. The van der Waals surface area contributed by atoms with Gasteiger partial charge in [-0.3, -0.25) is 9.59 Å². The maximum absolute atomic E-state index is 12.2. The topological polar surface area (TPSA) is 60.2 Å². The van der Waals surface area contributed by atoms with E-state index in [1.165, 1.54) is 0 Å². The van der Waals surface area contributed by atoms with Gasteiger partial charge in [0.25, 0.3) is 0 Å². The lowest BCUT2D eigenvalue weighted by molar-refractivity contribution is -0.117. The van der Waals surface area contributed by atoms with Crippen molar-refractivity contribution in [1.29, 1.82) is 0 Å². The number of halogens is 1. The Kier molecular flexibility index (Phi) is 3.97. The number of amides is 1. The van der Waals surface area contributed by atoms with Crippen LogP contribution in [0.5, 0.6) is 0 Å². The van der Waals surface area contributed by atoms with E-state index in [2.05, 4.69) is 0 Å². The van der Waals surface area contributed by atoms with Crippen LogP contribution in [-0.4, -0.2) is 11.7 Å². The van der Waals surface area contributed by atoms with E-state index in [1.54, 1.807) is 48.5 Å². The van der Waals surface area contributed by atoms with Gasteiger partial charge in [-0.2, -0.15) is 0 Å². The Hall–Kier alpha value is -2.13. The molecule has 2 aromatic rings. The second-order valence-electron chi connectivity index (χ2n) is 4.18. The van der Waals surface area contributed by atoms with Crippen molar-refractivity contribution in [2.45, 2.75) is 6.42 Å². The first-order valence-electron chi connectivity index (χ1n) is 5.74. The molecule has 2 aromatic carbocycles. The van der Waals surface area contributed by atoms with Crippen molar-refractivity contribution in [1.82, 2.24) is 0 Å². The molecule has 0 spiro atoms. The molecule has 2 N–H and O–H groups in total. The van der Waals surface area contributed by atoms with Gasteiger partial charge < -0.3 is 5.73 Å². The lowest BCUT2D eigenvalue weighted by atomic mass is 10.0. The molecule has 0 atom stereocenters. The summed E-state index contributed by atoms with van der Waals surface area (Å²) < 4.78 is 0. The van der Waals surface area contributed by atoms with E-state index in [1.807, 2.05) is 0 Å². The Labute approximate surface area is 116 Å². The Morgan fingerprint density at radius 2 is 1.68 bits per heavy atom. The van der Waals surface area contributed by atoms with Crippen molar-refractivity contribution in [2.75, 3.05) is 0 Å². The van der Waals surface area contributed by atoms with Gasteiger partial charge in [-0.15, -0.1) is 0 Å². The third-order valence-electron chi connectivity index (χ3n) is 2.67. The predicted molar refractivity (Wildman–Crippen MR) is 74.2 cm³/mol. The van der Waals surface area contributed by atoms with Crippen LogP contribution in [-0.2, 0) is 11.2 Å². The minimum Gasteiger partial charge on any atom is -0.369 e. The molecular formula is C15H12ClNO2. The number of carbonyl (C=O) groups is 2. The minimum absolute atomic E-state index is 0.108. The fourth-order valence-corrected chi connectivity index (χ4v) is 1.92. The summed E-state index contributed by atoms with van der Waals surface area (Å²) in [5, 5.41) is 0.582. The van der Waals surface area contributed by atoms with E-state index >= 15 is 0 Å². The van der Waals surface area contributed by atoms with Crippen molar-refractivity contribution in [3.05, 3.63) is 70.2 Å². The molecule has 0 radical (unpaired) electrons. The van der Waals surface area contributed by atoms with E-state index < -0.39 is 5.91 Å². The van der Waals surface area contributed by atoms with E-state index in [9.17, 15) is 9.59 Å². The lowest BCUT2D eigenvalue weighted by Crippen LogP contribution is -2.14. The van der Waals surface area contributed by atoms with Gasteiger partial charge in [-0.25, -0.2) is 0 Å². The summed E-state index contributed by atoms with van der Waals surface area (Å²) in [6, 6.07) is 13.6. The number of nitrogens with two attached hydrogens (primary N) is 1. The Morgan fingerprint density at radius 3 is 2.32 bits per heavy atom. The summed E-state index contributed by atoms with van der Waals surface area (Å²) in [6.07, 6.45) is 0.127. The van der Waals surface area contributed by atoms with Gasteiger partial charge in [0.2, 0.25) is 5.91 Å². The van der Waals surface area contributed by atoms with Gasteiger partial charge in [0, 0.05) is 16.1 Å². The molecule has 4 heteroatoms. The molecule has 0 fully saturated rings. The van der Waals surface area contributed by atoms with Crippen LogP contribution in [0, 0.1) is 0 Å². The second kappa shape index (κ2) is 5.67. The normalized spacial score (nSPS) is 10.2. The summed E-state index contributed by atoms with van der Waals surface area (Å²) in [5.41, 5.74) is 6.95. The van der Waals surface area contributed by atoms with E-state index in [0.717, 1.165) is 5.56 Å². The lowest BCUT2D eigenvalue weighted by Gasteiger charge is -2.04. The SMILES string of the molecule is NC(=O)Cc1cccc(C(=O)c2ccc(Cl)cc2)c1. The minimum atomic E-state index is -0.420. The maximum Gasteiger partial charge on any atom is 0.221 e. The zero-order chi connectivity index (χ0) is 13.8. The number of hydrogen-bond donors (Lipinski definition) is 1. The molecule has 0 aliphatic heterocycles. The number of rotatable bonds is 4. The molecule has 96 valence electrons. The zero-order valence-electron chi connectivity index (χ0n) is 10.1. The quantitative estimate of drug-likeness (QED) is 0.871. The van der Waals surface area contributed by atoms with Crippen LogP contribution in [0.1, 0.15) is 21.5 Å². The summed E-state index contributed by atoms with van der Waals surface area (Å²) in [5.74, 6) is -0.529. The van der Waals surface area contributed by atoms with E-state index in [0.29, 0.717) is 16.1 Å². The number of carbonyl (C=O) groups excluding carboxylic acids is 2. The Balaban J connectivity index is 2.28. The number of ketones is 1. The highest BCUT2D eigenvalue weighted by molar-refractivity contribution is 6.30. The van der Waals surface area contributed by atoms with Gasteiger partial charge in [-0.1, -0.05) is 29.8 Å². The molecule has 0 unspecified atom stereocenters. The molecule has 0 saturated heterocycles. The van der Waals surface area contributed by atoms with Crippen LogP contribution in [0.2, 0.25) is 5.02 Å². The molecular weight excluding hydrogens is 262 g/mol. The molecule has 0 saturated carbocycles. The van der Waals surface area contributed by atoms with Crippen molar-refractivity contribution >= 4 is 23.3 Å². The van der Waals surface area contributed by atoms with Crippen molar-refractivity contribution in [3.63, 3.8) is 0 Å². The van der Waals surface area contributed by atoms with Crippen LogP contribution in [0.25, 0.3) is 0 Å². The molecule has 3 nitrogen and oxygen atoms in total. The largest absolute Gasteiger partial charge is 0.369 e. The molecule has 0 heterocycles. The van der Waals surface area contributed by atoms with Gasteiger partial charge >= 0.3 is 0 Å². The monoisotopic (exact) mass is 273 g/mol.